The van der Waals surface area contributed by atoms with Crippen molar-refractivity contribution in [2.75, 3.05) is 0 Å². The molecule has 0 atom stereocenters. The summed E-state index contributed by atoms with van der Waals surface area (Å²) in [6.07, 6.45) is 0.703. The fourth-order valence-corrected chi connectivity index (χ4v) is 2.09. The number of halogens is 1. The number of nitrogens with one attached hydrogen (secondary N) is 1. The Labute approximate surface area is 129 Å². The van der Waals surface area contributed by atoms with Crippen molar-refractivity contribution in [3.05, 3.63) is 70.2 Å². The molecule has 1 N–H and O–H groups in total. The molecule has 2 rings (SSSR count). The van der Waals surface area contributed by atoms with Crippen LogP contribution in [-0.2, 0) is 0 Å². The number of aryl methyl sites for hydroxylation is 1. The number of carbonyl (C=O) groups excluding carboxylic acids is 1. The quantitative estimate of drug-likeness (QED) is 0.667. The Bertz CT molecular complexity index is 663. The van der Waals surface area contributed by atoms with Crippen molar-refractivity contribution in [2.24, 2.45) is 5.10 Å². The minimum Gasteiger partial charge on any atom is -0.267 e. The van der Waals surface area contributed by atoms with E-state index in [-0.39, 0.29) is 5.91 Å². The summed E-state index contributed by atoms with van der Waals surface area (Å²) in [5.74, 6) is -0.219. The first-order valence-corrected chi connectivity index (χ1v) is 7.17. The van der Waals surface area contributed by atoms with Gasteiger partial charge in [-0.3, -0.25) is 4.79 Å². The van der Waals surface area contributed by atoms with E-state index in [9.17, 15) is 4.79 Å². The van der Waals surface area contributed by atoms with Crippen molar-refractivity contribution in [1.82, 2.24) is 5.43 Å². The largest absolute Gasteiger partial charge is 0.271 e. The minimum absolute atomic E-state index is 0.219. The Morgan fingerprint density at radius 2 is 1.86 bits per heavy atom. The third-order valence-electron chi connectivity index (χ3n) is 3.10. The van der Waals surface area contributed by atoms with Gasteiger partial charge in [0.15, 0.2) is 0 Å². The Morgan fingerprint density at radius 1 is 1.14 bits per heavy atom. The maximum absolute atomic E-state index is 12.0. The molecular formula is C17H17ClN2O. The molecule has 2 aromatic carbocycles. The van der Waals surface area contributed by atoms with E-state index in [1.807, 2.05) is 50.2 Å². The van der Waals surface area contributed by atoms with Gasteiger partial charge in [-0.2, -0.15) is 5.10 Å². The van der Waals surface area contributed by atoms with Crippen LogP contribution >= 0.6 is 11.6 Å². The molecule has 108 valence electrons. The number of hydrogen-bond acceptors (Lipinski definition) is 2. The molecule has 0 unspecified atom stereocenters. The molecule has 3 nitrogen and oxygen atoms in total. The number of hydrazone groups is 1. The molecule has 0 spiro atoms. The van der Waals surface area contributed by atoms with Crippen LogP contribution in [-0.4, -0.2) is 11.6 Å². The van der Waals surface area contributed by atoms with Crippen molar-refractivity contribution in [3.63, 3.8) is 0 Å². The third-order valence-corrected chi connectivity index (χ3v) is 3.33. The van der Waals surface area contributed by atoms with Gasteiger partial charge in [-0.15, -0.1) is 0 Å². The van der Waals surface area contributed by atoms with Crippen LogP contribution in [0.1, 0.15) is 34.8 Å². The van der Waals surface area contributed by atoms with Crippen LogP contribution in [0.3, 0.4) is 0 Å². The number of benzene rings is 2. The molecule has 0 bridgehead atoms. The van der Waals surface area contributed by atoms with Gasteiger partial charge in [0.05, 0.1) is 5.71 Å². The first-order chi connectivity index (χ1) is 10.1. The van der Waals surface area contributed by atoms with Crippen molar-refractivity contribution in [1.29, 1.82) is 0 Å². The average Bonchev–Trinajstić information content (AvgIpc) is 2.48. The molecule has 0 aliphatic rings. The molecular weight excluding hydrogens is 284 g/mol. The predicted octanol–water partition coefficient (Wildman–Crippen LogP) is 4.19. The molecule has 0 saturated carbocycles. The first-order valence-electron chi connectivity index (χ1n) is 6.79. The maximum Gasteiger partial charge on any atom is 0.271 e. The zero-order valence-electron chi connectivity index (χ0n) is 12.1. The Morgan fingerprint density at radius 3 is 2.48 bits per heavy atom. The standard InChI is InChI=1S/C17H17ClN2O/c1-3-16(14-5-4-6-15(18)11-14)19-20-17(21)13-9-7-12(2)8-10-13/h4-11H,3H2,1-2H3,(H,20,21). The van der Waals surface area contributed by atoms with Gasteiger partial charge >= 0.3 is 0 Å². The summed E-state index contributed by atoms with van der Waals surface area (Å²) >= 11 is 5.98. The second-order valence-corrected chi connectivity index (χ2v) is 5.17. The molecule has 0 saturated heterocycles. The normalized spacial score (nSPS) is 11.3. The van der Waals surface area contributed by atoms with Crippen LogP contribution in [0.5, 0.6) is 0 Å². The highest BCUT2D eigenvalue weighted by Gasteiger charge is 2.06. The monoisotopic (exact) mass is 300 g/mol. The van der Waals surface area contributed by atoms with E-state index in [1.165, 1.54) is 0 Å². The van der Waals surface area contributed by atoms with Gasteiger partial charge in [0.2, 0.25) is 0 Å². The summed E-state index contributed by atoms with van der Waals surface area (Å²) in [5, 5.41) is 4.86. The molecule has 0 aromatic heterocycles. The number of hydrogen-bond donors (Lipinski definition) is 1. The molecule has 1 amide bonds. The van der Waals surface area contributed by atoms with E-state index in [0.717, 1.165) is 16.8 Å². The lowest BCUT2D eigenvalue weighted by Gasteiger charge is -2.06. The zero-order chi connectivity index (χ0) is 15.2. The summed E-state index contributed by atoms with van der Waals surface area (Å²) in [7, 11) is 0. The molecule has 0 heterocycles. The van der Waals surface area contributed by atoms with Crippen LogP contribution < -0.4 is 5.43 Å². The van der Waals surface area contributed by atoms with Crippen molar-refractivity contribution >= 4 is 23.2 Å². The number of carbonyl (C=O) groups is 1. The highest BCUT2D eigenvalue weighted by molar-refractivity contribution is 6.31. The van der Waals surface area contributed by atoms with Gasteiger partial charge in [0, 0.05) is 10.6 Å². The average molecular weight is 301 g/mol. The van der Waals surface area contributed by atoms with E-state index in [0.29, 0.717) is 17.0 Å². The van der Waals surface area contributed by atoms with E-state index in [1.54, 1.807) is 12.1 Å². The fourth-order valence-electron chi connectivity index (χ4n) is 1.90. The fraction of sp³-hybridized carbons (Fsp3) is 0.176. The topological polar surface area (TPSA) is 41.5 Å². The van der Waals surface area contributed by atoms with Crippen molar-refractivity contribution < 1.29 is 4.79 Å². The van der Waals surface area contributed by atoms with Gasteiger partial charge < -0.3 is 0 Å². The molecule has 4 heteroatoms. The van der Waals surface area contributed by atoms with Crippen molar-refractivity contribution in [3.8, 4) is 0 Å². The van der Waals surface area contributed by atoms with Crippen LogP contribution in [0, 0.1) is 6.92 Å². The van der Waals surface area contributed by atoms with Crippen LogP contribution in [0.15, 0.2) is 53.6 Å². The summed E-state index contributed by atoms with van der Waals surface area (Å²) in [4.78, 5) is 12.0. The highest BCUT2D eigenvalue weighted by atomic mass is 35.5. The number of nitrogens with zero attached hydrogens (tertiary/aromatic N) is 1. The van der Waals surface area contributed by atoms with Gasteiger partial charge in [-0.25, -0.2) is 5.43 Å². The highest BCUT2D eigenvalue weighted by Crippen LogP contribution is 2.13. The first kappa shape index (κ1) is 15.3. The summed E-state index contributed by atoms with van der Waals surface area (Å²) in [6.45, 7) is 3.96. The maximum atomic E-state index is 12.0. The lowest BCUT2D eigenvalue weighted by atomic mass is 10.1. The van der Waals surface area contributed by atoms with E-state index < -0.39 is 0 Å². The Balaban J connectivity index is 2.14. The summed E-state index contributed by atoms with van der Waals surface area (Å²) < 4.78 is 0. The Hall–Kier alpha value is -2.13. The van der Waals surface area contributed by atoms with Gasteiger partial charge in [0.25, 0.3) is 5.91 Å². The lowest BCUT2D eigenvalue weighted by Crippen LogP contribution is -2.19. The predicted molar refractivity (Wildman–Crippen MR) is 86.9 cm³/mol. The SMILES string of the molecule is CCC(=NNC(=O)c1ccc(C)cc1)c1cccc(Cl)c1. The Kier molecular flexibility index (Phi) is 5.12. The molecule has 0 aliphatic heterocycles. The van der Waals surface area contributed by atoms with Gasteiger partial charge in [-0.1, -0.05) is 48.4 Å². The van der Waals surface area contributed by atoms with Crippen LogP contribution in [0.25, 0.3) is 0 Å². The van der Waals surface area contributed by atoms with Gasteiger partial charge in [-0.05, 0) is 43.2 Å². The summed E-state index contributed by atoms with van der Waals surface area (Å²) in [5.41, 5.74) is 6.00. The van der Waals surface area contributed by atoms with E-state index in [4.69, 9.17) is 11.6 Å². The van der Waals surface area contributed by atoms with E-state index >= 15 is 0 Å². The third kappa shape index (κ3) is 4.17. The summed E-state index contributed by atoms with van der Waals surface area (Å²) in [6, 6.07) is 14.8. The van der Waals surface area contributed by atoms with Gasteiger partial charge in [0.1, 0.15) is 0 Å². The second kappa shape index (κ2) is 7.04. The van der Waals surface area contributed by atoms with Crippen LogP contribution in [0.2, 0.25) is 5.02 Å². The minimum atomic E-state index is -0.219. The molecule has 0 aliphatic carbocycles. The molecule has 0 radical (unpaired) electrons. The zero-order valence-corrected chi connectivity index (χ0v) is 12.8. The number of rotatable bonds is 4. The smallest absolute Gasteiger partial charge is 0.267 e. The van der Waals surface area contributed by atoms with Crippen molar-refractivity contribution in [2.45, 2.75) is 20.3 Å². The molecule has 0 fully saturated rings. The van der Waals surface area contributed by atoms with Crippen LogP contribution in [0.4, 0.5) is 0 Å². The lowest BCUT2D eigenvalue weighted by molar-refractivity contribution is 0.0955. The second-order valence-electron chi connectivity index (χ2n) is 4.73. The van der Waals surface area contributed by atoms with E-state index in [2.05, 4.69) is 10.5 Å². The molecule has 21 heavy (non-hydrogen) atoms. The number of amides is 1. The molecule has 2 aromatic rings.